The lowest BCUT2D eigenvalue weighted by Crippen LogP contribution is -2.25. The quantitative estimate of drug-likeness (QED) is 0.0450. The normalized spacial score (nSPS) is 21.2. The molecule has 0 aromatic heterocycles. The number of hydrogen-bond acceptors (Lipinski definition) is 9. The summed E-state index contributed by atoms with van der Waals surface area (Å²) < 4.78 is 10.2. The number of aliphatic hydroxyl groups is 4. The maximum atomic E-state index is 12.6. The summed E-state index contributed by atoms with van der Waals surface area (Å²) in [5, 5.41) is 41.0. The Morgan fingerprint density at radius 3 is 1.76 bits per heavy atom. The molecule has 9 nitrogen and oxygen atoms in total. The van der Waals surface area contributed by atoms with Gasteiger partial charge >= 0.3 is 11.9 Å². The summed E-state index contributed by atoms with van der Waals surface area (Å²) in [4.78, 5) is 36.6. The SMILES string of the molecule is CCCCCCCCCCCCC(=O)OC[C@@H](O)COC(=O)CCCCC(=O)C[C@@H]1[C@@H](/C=C/[C@@H](O)CCCCC)[C@H](O)C[C@@H]1O. The zero-order valence-electron chi connectivity index (χ0n) is 28.2. The fourth-order valence-electron chi connectivity index (χ4n) is 5.90. The molecule has 0 aromatic carbocycles. The Morgan fingerprint density at radius 2 is 1.18 bits per heavy atom. The summed E-state index contributed by atoms with van der Waals surface area (Å²) in [5.41, 5.74) is 0. The summed E-state index contributed by atoms with van der Waals surface area (Å²) in [6.07, 6.45) is 17.6. The molecule has 6 atom stereocenters. The molecular weight excluding hydrogens is 576 g/mol. The zero-order valence-corrected chi connectivity index (χ0v) is 28.2. The molecule has 0 bridgehead atoms. The number of ketones is 1. The highest BCUT2D eigenvalue weighted by Crippen LogP contribution is 2.36. The molecule has 0 spiro atoms. The maximum absolute atomic E-state index is 12.6. The van der Waals surface area contributed by atoms with Gasteiger partial charge in [0.1, 0.15) is 25.1 Å². The fraction of sp³-hybridized carbons (Fsp3) is 0.861. The van der Waals surface area contributed by atoms with Crippen LogP contribution in [0.4, 0.5) is 0 Å². The van der Waals surface area contributed by atoms with Crippen LogP contribution >= 0.6 is 0 Å². The predicted octanol–water partition coefficient (Wildman–Crippen LogP) is 6.12. The van der Waals surface area contributed by atoms with Crippen molar-refractivity contribution in [2.75, 3.05) is 13.2 Å². The van der Waals surface area contributed by atoms with Gasteiger partial charge in [0.05, 0.1) is 18.3 Å². The number of aliphatic hydroxyl groups excluding tert-OH is 4. The highest BCUT2D eigenvalue weighted by Gasteiger charge is 2.41. The molecule has 1 rings (SSSR count). The van der Waals surface area contributed by atoms with Gasteiger partial charge in [-0.3, -0.25) is 14.4 Å². The zero-order chi connectivity index (χ0) is 33.3. The summed E-state index contributed by atoms with van der Waals surface area (Å²) in [5.74, 6) is -1.67. The number of carbonyl (C=O) groups is 3. The lowest BCUT2D eigenvalue weighted by Gasteiger charge is -2.20. The van der Waals surface area contributed by atoms with E-state index in [1.807, 2.05) is 0 Å². The molecule has 1 fully saturated rings. The van der Waals surface area contributed by atoms with Crippen molar-refractivity contribution in [3.8, 4) is 0 Å². The topological polar surface area (TPSA) is 151 Å². The molecule has 0 saturated heterocycles. The second-order valence-electron chi connectivity index (χ2n) is 13.0. The van der Waals surface area contributed by atoms with Crippen molar-refractivity contribution in [2.45, 2.75) is 173 Å². The summed E-state index contributed by atoms with van der Waals surface area (Å²) in [6, 6.07) is 0. The van der Waals surface area contributed by atoms with Crippen molar-refractivity contribution in [3.05, 3.63) is 12.2 Å². The van der Waals surface area contributed by atoms with Crippen LogP contribution in [0.1, 0.15) is 149 Å². The van der Waals surface area contributed by atoms with E-state index in [1.54, 1.807) is 12.2 Å². The summed E-state index contributed by atoms with van der Waals surface area (Å²) in [7, 11) is 0. The lowest BCUT2D eigenvalue weighted by atomic mass is 9.87. The molecule has 0 aromatic rings. The van der Waals surface area contributed by atoms with Crippen LogP contribution in [0.3, 0.4) is 0 Å². The smallest absolute Gasteiger partial charge is 0.305 e. The van der Waals surface area contributed by atoms with Gasteiger partial charge in [-0.2, -0.15) is 0 Å². The fourth-order valence-corrected chi connectivity index (χ4v) is 5.90. The Morgan fingerprint density at radius 1 is 0.689 bits per heavy atom. The molecule has 4 N–H and O–H groups in total. The largest absolute Gasteiger partial charge is 0.463 e. The van der Waals surface area contributed by atoms with Crippen molar-refractivity contribution in [2.24, 2.45) is 11.8 Å². The minimum absolute atomic E-state index is 0.0431. The van der Waals surface area contributed by atoms with Gasteiger partial charge in [-0.1, -0.05) is 103 Å². The average molecular weight is 641 g/mol. The minimum Gasteiger partial charge on any atom is -0.463 e. The van der Waals surface area contributed by atoms with Crippen LogP contribution in [0.2, 0.25) is 0 Å². The Hall–Kier alpha value is -1.81. The van der Waals surface area contributed by atoms with Gasteiger partial charge in [-0.15, -0.1) is 0 Å². The van der Waals surface area contributed by atoms with Crippen molar-refractivity contribution in [3.63, 3.8) is 0 Å². The van der Waals surface area contributed by atoms with Gasteiger partial charge in [0.15, 0.2) is 0 Å². The number of Topliss-reactive ketones (excluding diaryl/α,β-unsaturated/α-hetero) is 1. The third-order valence-electron chi connectivity index (χ3n) is 8.73. The van der Waals surface area contributed by atoms with Gasteiger partial charge in [0, 0.05) is 43.9 Å². The molecule has 1 aliphatic rings. The van der Waals surface area contributed by atoms with Crippen LogP contribution in [0.5, 0.6) is 0 Å². The van der Waals surface area contributed by atoms with Crippen molar-refractivity contribution >= 4 is 17.7 Å². The number of hydrogen-bond donors (Lipinski definition) is 4. The van der Waals surface area contributed by atoms with Crippen LogP contribution in [-0.2, 0) is 23.9 Å². The van der Waals surface area contributed by atoms with Crippen LogP contribution in [0.15, 0.2) is 12.2 Å². The second kappa shape index (κ2) is 26.3. The van der Waals surface area contributed by atoms with E-state index in [1.165, 1.54) is 44.9 Å². The van der Waals surface area contributed by atoms with E-state index < -0.39 is 36.3 Å². The number of unbranched alkanes of at least 4 members (excludes halogenated alkanes) is 12. The van der Waals surface area contributed by atoms with E-state index in [2.05, 4.69) is 13.8 Å². The van der Waals surface area contributed by atoms with Gasteiger partial charge in [0.25, 0.3) is 0 Å². The minimum atomic E-state index is -1.08. The first kappa shape index (κ1) is 41.2. The average Bonchev–Trinajstić information content (AvgIpc) is 3.27. The van der Waals surface area contributed by atoms with Gasteiger partial charge in [0.2, 0.25) is 0 Å². The Balaban J connectivity index is 2.14. The van der Waals surface area contributed by atoms with E-state index in [9.17, 15) is 34.8 Å². The van der Waals surface area contributed by atoms with E-state index in [0.29, 0.717) is 25.7 Å². The molecule has 0 amide bonds. The predicted molar refractivity (Wildman–Crippen MR) is 175 cm³/mol. The summed E-state index contributed by atoms with van der Waals surface area (Å²) >= 11 is 0. The third-order valence-corrected chi connectivity index (χ3v) is 8.73. The molecule has 0 radical (unpaired) electrons. The Bertz CT molecular complexity index is 814. The molecule has 9 heteroatoms. The Labute approximate surface area is 272 Å². The molecular formula is C36H64O9. The van der Waals surface area contributed by atoms with Crippen molar-refractivity contribution in [1.29, 1.82) is 0 Å². The maximum Gasteiger partial charge on any atom is 0.305 e. The second-order valence-corrected chi connectivity index (χ2v) is 13.0. The van der Waals surface area contributed by atoms with Gasteiger partial charge in [-0.05, 0) is 25.7 Å². The van der Waals surface area contributed by atoms with Crippen molar-refractivity contribution < 1.29 is 44.3 Å². The molecule has 0 heterocycles. The first-order valence-corrected chi connectivity index (χ1v) is 17.9. The number of esters is 2. The van der Waals surface area contributed by atoms with Gasteiger partial charge < -0.3 is 29.9 Å². The van der Waals surface area contributed by atoms with Crippen LogP contribution < -0.4 is 0 Å². The van der Waals surface area contributed by atoms with Crippen LogP contribution in [0, 0.1) is 11.8 Å². The lowest BCUT2D eigenvalue weighted by molar-refractivity contribution is -0.152. The Kier molecular flexibility index (Phi) is 24.1. The summed E-state index contributed by atoms with van der Waals surface area (Å²) in [6.45, 7) is 3.85. The molecule has 1 saturated carbocycles. The van der Waals surface area contributed by atoms with Crippen LogP contribution in [-0.4, -0.2) is 75.8 Å². The standard InChI is InChI=1S/C36H64O9/c1-3-5-7-8-9-10-11-12-13-15-20-35(42)44-26-30(39)27-45-36(43)21-17-16-19-29(38)24-32-31(33(40)25-34(32)41)23-22-28(37)18-14-6-4-2/h22-23,28,30-34,37,39-41H,3-21,24-27H2,1-2H3/b23-22+/t28-,30+,31+,32+,33+,34-/m0/s1. The molecule has 0 unspecified atom stereocenters. The number of ether oxygens (including phenoxy) is 2. The van der Waals surface area contributed by atoms with E-state index in [4.69, 9.17) is 9.47 Å². The number of carbonyl (C=O) groups excluding carboxylic acids is 3. The van der Waals surface area contributed by atoms with E-state index in [0.717, 1.165) is 38.5 Å². The number of rotatable bonds is 28. The third kappa shape index (κ3) is 20.8. The van der Waals surface area contributed by atoms with E-state index in [-0.39, 0.29) is 56.6 Å². The monoisotopic (exact) mass is 640 g/mol. The molecule has 1 aliphatic carbocycles. The molecule has 0 aliphatic heterocycles. The van der Waals surface area contributed by atoms with Crippen LogP contribution in [0.25, 0.3) is 0 Å². The highest BCUT2D eigenvalue weighted by atomic mass is 16.6. The molecule has 45 heavy (non-hydrogen) atoms. The van der Waals surface area contributed by atoms with E-state index >= 15 is 0 Å². The molecule has 262 valence electrons. The first-order chi connectivity index (χ1) is 21.7. The van der Waals surface area contributed by atoms with Gasteiger partial charge in [-0.25, -0.2) is 0 Å². The highest BCUT2D eigenvalue weighted by molar-refractivity contribution is 5.79. The van der Waals surface area contributed by atoms with Crippen molar-refractivity contribution in [1.82, 2.24) is 0 Å². The first-order valence-electron chi connectivity index (χ1n) is 17.9.